The summed E-state index contributed by atoms with van der Waals surface area (Å²) in [6.07, 6.45) is 0.0749. The van der Waals surface area contributed by atoms with E-state index in [4.69, 9.17) is 16.3 Å². The van der Waals surface area contributed by atoms with Crippen LogP contribution in [0.2, 0.25) is 5.02 Å². The number of rotatable bonds is 3. The summed E-state index contributed by atoms with van der Waals surface area (Å²) >= 11 is 5.86. The molecule has 1 atom stereocenters. The number of ether oxygens (including phenoxy) is 1. The molecule has 6 heteroatoms. The van der Waals surface area contributed by atoms with Crippen molar-refractivity contribution in [1.82, 2.24) is 5.32 Å². The molecule has 0 saturated carbocycles. The van der Waals surface area contributed by atoms with Crippen LogP contribution in [-0.2, 0) is 9.53 Å². The minimum absolute atomic E-state index is 0.147. The average Bonchev–Trinajstić information content (AvgIpc) is 2.35. The third-order valence-corrected chi connectivity index (χ3v) is 2.95. The fourth-order valence-electron chi connectivity index (χ4n) is 1.75. The van der Waals surface area contributed by atoms with Gasteiger partial charge in [-0.3, -0.25) is 4.79 Å². The summed E-state index contributed by atoms with van der Waals surface area (Å²) in [6, 6.07) is 3.84. The Bertz CT molecular complexity index is 436. The van der Waals surface area contributed by atoms with Crippen molar-refractivity contribution < 1.29 is 13.9 Å². The van der Waals surface area contributed by atoms with Gasteiger partial charge in [0, 0.05) is 13.1 Å². The number of amides is 1. The van der Waals surface area contributed by atoms with Crippen LogP contribution < -0.4 is 10.6 Å². The van der Waals surface area contributed by atoms with E-state index in [0.29, 0.717) is 18.2 Å². The number of carbonyl (C=O) groups excluding carboxylic acids is 1. The van der Waals surface area contributed by atoms with Crippen LogP contribution in [0.4, 0.5) is 10.1 Å². The van der Waals surface area contributed by atoms with Crippen LogP contribution in [0, 0.1) is 5.82 Å². The highest BCUT2D eigenvalue weighted by Crippen LogP contribution is 2.22. The first kappa shape index (κ1) is 13.3. The van der Waals surface area contributed by atoms with E-state index in [0.717, 1.165) is 6.54 Å². The van der Waals surface area contributed by atoms with E-state index >= 15 is 0 Å². The first-order chi connectivity index (χ1) is 8.65. The van der Waals surface area contributed by atoms with Crippen LogP contribution in [0.1, 0.15) is 6.42 Å². The summed E-state index contributed by atoms with van der Waals surface area (Å²) < 4.78 is 18.4. The number of hydrogen-bond donors (Lipinski definition) is 2. The van der Waals surface area contributed by atoms with E-state index in [2.05, 4.69) is 10.6 Å². The van der Waals surface area contributed by atoms with Gasteiger partial charge in [0.05, 0.1) is 29.8 Å². The first-order valence-electron chi connectivity index (χ1n) is 5.72. The summed E-state index contributed by atoms with van der Waals surface area (Å²) in [7, 11) is 0. The van der Waals surface area contributed by atoms with Crippen molar-refractivity contribution in [3.8, 4) is 0 Å². The lowest BCUT2D eigenvalue weighted by Crippen LogP contribution is -2.40. The normalized spacial score (nSPS) is 19.6. The Labute approximate surface area is 109 Å². The van der Waals surface area contributed by atoms with Crippen LogP contribution in [0.5, 0.6) is 0 Å². The molecule has 1 fully saturated rings. The molecule has 0 aliphatic carbocycles. The molecule has 0 bridgehead atoms. The third kappa shape index (κ3) is 3.66. The maximum Gasteiger partial charge on any atom is 0.227 e. The van der Waals surface area contributed by atoms with Gasteiger partial charge in [-0.25, -0.2) is 4.39 Å². The highest BCUT2D eigenvalue weighted by Gasteiger charge is 2.18. The molecule has 1 aliphatic heterocycles. The van der Waals surface area contributed by atoms with Gasteiger partial charge < -0.3 is 15.4 Å². The number of anilines is 1. The maximum atomic E-state index is 13.0. The number of hydrogen-bond acceptors (Lipinski definition) is 3. The second-order valence-electron chi connectivity index (χ2n) is 4.07. The van der Waals surface area contributed by atoms with E-state index in [-0.39, 0.29) is 24.1 Å². The lowest BCUT2D eigenvalue weighted by Gasteiger charge is -2.23. The molecular formula is C12H14ClFN2O2. The molecule has 2 rings (SSSR count). The molecule has 1 saturated heterocycles. The topological polar surface area (TPSA) is 50.4 Å². The Morgan fingerprint density at radius 1 is 1.61 bits per heavy atom. The van der Waals surface area contributed by atoms with Crippen molar-refractivity contribution in [2.75, 3.05) is 25.0 Å². The Morgan fingerprint density at radius 2 is 2.44 bits per heavy atom. The summed E-state index contributed by atoms with van der Waals surface area (Å²) in [5.41, 5.74) is 0.283. The fraction of sp³-hybridized carbons (Fsp3) is 0.417. The van der Waals surface area contributed by atoms with Gasteiger partial charge in [-0.15, -0.1) is 0 Å². The second-order valence-corrected chi connectivity index (χ2v) is 4.48. The summed E-state index contributed by atoms with van der Waals surface area (Å²) in [6.45, 7) is 2.04. The summed E-state index contributed by atoms with van der Waals surface area (Å²) in [4.78, 5) is 11.7. The monoisotopic (exact) mass is 272 g/mol. The fourth-order valence-corrected chi connectivity index (χ4v) is 1.92. The quantitative estimate of drug-likeness (QED) is 0.882. The zero-order valence-corrected chi connectivity index (χ0v) is 10.5. The number of carbonyl (C=O) groups is 1. The Morgan fingerprint density at radius 3 is 3.17 bits per heavy atom. The van der Waals surface area contributed by atoms with E-state index in [1.54, 1.807) is 0 Å². The average molecular weight is 273 g/mol. The SMILES string of the molecule is O=C(CC1CNCCO1)Nc1cc(F)ccc1Cl. The molecule has 2 N–H and O–H groups in total. The molecule has 1 amide bonds. The van der Waals surface area contributed by atoms with Gasteiger partial charge in [0.2, 0.25) is 5.91 Å². The van der Waals surface area contributed by atoms with Gasteiger partial charge in [-0.2, -0.15) is 0 Å². The minimum Gasteiger partial charge on any atom is -0.375 e. The molecule has 1 aliphatic rings. The third-order valence-electron chi connectivity index (χ3n) is 2.62. The molecule has 0 radical (unpaired) electrons. The number of morpholine rings is 1. The van der Waals surface area contributed by atoms with Gasteiger partial charge in [0.25, 0.3) is 0 Å². The number of nitrogens with one attached hydrogen (secondary N) is 2. The molecule has 0 aromatic heterocycles. The number of halogens is 2. The Hall–Kier alpha value is -1.17. The van der Waals surface area contributed by atoms with Crippen molar-refractivity contribution in [3.63, 3.8) is 0 Å². The lowest BCUT2D eigenvalue weighted by molar-refractivity contribution is -0.119. The lowest BCUT2D eigenvalue weighted by atomic mass is 10.2. The van der Waals surface area contributed by atoms with Crippen molar-refractivity contribution in [1.29, 1.82) is 0 Å². The Balaban J connectivity index is 1.92. The van der Waals surface area contributed by atoms with Crippen molar-refractivity contribution in [2.24, 2.45) is 0 Å². The van der Waals surface area contributed by atoms with E-state index in [1.807, 2.05) is 0 Å². The largest absolute Gasteiger partial charge is 0.375 e. The van der Waals surface area contributed by atoms with Crippen LogP contribution in [0.3, 0.4) is 0 Å². The standard InChI is InChI=1S/C12H14ClFN2O2/c13-10-2-1-8(14)5-11(10)16-12(17)6-9-7-15-3-4-18-9/h1-2,5,9,15H,3-4,6-7H2,(H,16,17). The molecule has 1 unspecified atom stereocenters. The predicted octanol–water partition coefficient (Wildman–Crippen LogP) is 1.80. The molecule has 1 heterocycles. The van der Waals surface area contributed by atoms with Crippen LogP contribution in [0.15, 0.2) is 18.2 Å². The molecule has 1 aromatic carbocycles. The van der Waals surface area contributed by atoms with Gasteiger partial charge in [-0.05, 0) is 18.2 Å². The van der Waals surface area contributed by atoms with E-state index in [1.165, 1.54) is 18.2 Å². The summed E-state index contributed by atoms with van der Waals surface area (Å²) in [5.74, 6) is -0.679. The van der Waals surface area contributed by atoms with Crippen molar-refractivity contribution in [2.45, 2.75) is 12.5 Å². The Kier molecular flexibility index (Phi) is 4.52. The molecule has 18 heavy (non-hydrogen) atoms. The molecule has 0 spiro atoms. The highest BCUT2D eigenvalue weighted by molar-refractivity contribution is 6.33. The van der Waals surface area contributed by atoms with Gasteiger partial charge in [0.1, 0.15) is 5.82 Å². The smallest absolute Gasteiger partial charge is 0.227 e. The maximum absolute atomic E-state index is 13.0. The van der Waals surface area contributed by atoms with Gasteiger partial charge >= 0.3 is 0 Å². The van der Waals surface area contributed by atoms with Crippen LogP contribution in [-0.4, -0.2) is 31.7 Å². The highest BCUT2D eigenvalue weighted by atomic mass is 35.5. The van der Waals surface area contributed by atoms with Crippen molar-refractivity contribution >= 4 is 23.2 Å². The first-order valence-corrected chi connectivity index (χ1v) is 6.10. The zero-order valence-electron chi connectivity index (χ0n) is 9.71. The zero-order chi connectivity index (χ0) is 13.0. The predicted molar refractivity (Wildman–Crippen MR) is 67.3 cm³/mol. The minimum atomic E-state index is -0.440. The molecule has 1 aromatic rings. The molecule has 98 valence electrons. The van der Waals surface area contributed by atoms with Crippen molar-refractivity contribution in [3.05, 3.63) is 29.0 Å². The van der Waals surface area contributed by atoms with Crippen LogP contribution >= 0.6 is 11.6 Å². The van der Waals surface area contributed by atoms with E-state index in [9.17, 15) is 9.18 Å². The van der Waals surface area contributed by atoms with Crippen LogP contribution in [0.25, 0.3) is 0 Å². The summed E-state index contributed by atoms with van der Waals surface area (Å²) in [5, 5.41) is 6.03. The van der Waals surface area contributed by atoms with E-state index < -0.39 is 5.82 Å². The van der Waals surface area contributed by atoms with Gasteiger partial charge in [-0.1, -0.05) is 11.6 Å². The molecule has 4 nitrogen and oxygen atoms in total. The second kappa shape index (κ2) is 6.13. The number of benzene rings is 1. The van der Waals surface area contributed by atoms with Gasteiger partial charge in [0.15, 0.2) is 0 Å². The molecular weight excluding hydrogens is 259 g/mol.